The molecule has 0 spiro atoms. The molecule has 2 amide bonds. The van der Waals surface area contributed by atoms with Crippen LogP contribution in [0.25, 0.3) is 0 Å². The molecule has 0 fully saturated rings. The summed E-state index contributed by atoms with van der Waals surface area (Å²) < 4.78 is 5.39. The summed E-state index contributed by atoms with van der Waals surface area (Å²) in [6.07, 6.45) is 0. The molecule has 1 aromatic carbocycles. The molecule has 1 unspecified atom stereocenters. The average molecular weight is 278 g/mol. The van der Waals surface area contributed by atoms with Crippen LogP contribution in [0, 0.1) is 5.92 Å². The molecule has 2 N–H and O–H groups in total. The van der Waals surface area contributed by atoms with Crippen LogP contribution in [-0.4, -0.2) is 31.5 Å². The summed E-state index contributed by atoms with van der Waals surface area (Å²) in [5.74, 6) is 0.513. The summed E-state index contributed by atoms with van der Waals surface area (Å²) in [5, 5.41) is 5.39. The molecule has 0 aromatic heterocycles. The van der Waals surface area contributed by atoms with Gasteiger partial charge in [0.25, 0.3) is 11.8 Å². The molecule has 0 radical (unpaired) electrons. The van der Waals surface area contributed by atoms with E-state index in [4.69, 9.17) is 4.74 Å². The van der Waals surface area contributed by atoms with Gasteiger partial charge in [0.15, 0.2) is 6.61 Å². The van der Waals surface area contributed by atoms with Gasteiger partial charge < -0.3 is 15.4 Å². The SMILES string of the molecule is CNC(=O)c1cccc(OCC(=O)NC(C)C(C)C)c1. The molecular formula is C15H22N2O3. The molecule has 110 valence electrons. The first-order valence-corrected chi connectivity index (χ1v) is 6.68. The van der Waals surface area contributed by atoms with E-state index in [1.807, 2.05) is 20.8 Å². The number of carbonyl (C=O) groups is 2. The molecule has 1 aromatic rings. The highest BCUT2D eigenvalue weighted by molar-refractivity contribution is 5.94. The Kier molecular flexibility index (Phi) is 6.03. The van der Waals surface area contributed by atoms with Gasteiger partial charge in [-0.3, -0.25) is 9.59 Å². The predicted octanol–water partition coefficient (Wildman–Crippen LogP) is 1.59. The minimum Gasteiger partial charge on any atom is -0.484 e. The number of nitrogens with one attached hydrogen (secondary N) is 2. The van der Waals surface area contributed by atoms with Crippen molar-refractivity contribution in [2.75, 3.05) is 13.7 Å². The molecule has 0 heterocycles. The highest BCUT2D eigenvalue weighted by atomic mass is 16.5. The molecule has 0 aliphatic heterocycles. The maximum absolute atomic E-state index is 11.7. The quantitative estimate of drug-likeness (QED) is 0.830. The molecule has 0 aliphatic rings. The van der Waals surface area contributed by atoms with Crippen molar-refractivity contribution in [3.05, 3.63) is 29.8 Å². The molecule has 0 bridgehead atoms. The Morgan fingerprint density at radius 1 is 1.25 bits per heavy atom. The first-order valence-electron chi connectivity index (χ1n) is 6.68. The molecule has 20 heavy (non-hydrogen) atoms. The van der Waals surface area contributed by atoms with Gasteiger partial charge >= 0.3 is 0 Å². The fraction of sp³-hybridized carbons (Fsp3) is 0.467. The topological polar surface area (TPSA) is 67.4 Å². The highest BCUT2D eigenvalue weighted by Crippen LogP contribution is 2.13. The second kappa shape index (κ2) is 7.53. The molecule has 0 aliphatic carbocycles. The fourth-order valence-corrected chi connectivity index (χ4v) is 1.48. The predicted molar refractivity (Wildman–Crippen MR) is 77.8 cm³/mol. The Hall–Kier alpha value is -2.04. The summed E-state index contributed by atoms with van der Waals surface area (Å²) in [6.45, 7) is 5.97. The number of amides is 2. The van der Waals surface area contributed by atoms with E-state index in [2.05, 4.69) is 10.6 Å². The average Bonchev–Trinajstić information content (AvgIpc) is 2.44. The van der Waals surface area contributed by atoms with Crippen LogP contribution in [0.5, 0.6) is 5.75 Å². The smallest absolute Gasteiger partial charge is 0.258 e. The summed E-state index contributed by atoms with van der Waals surface area (Å²) in [7, 11) is 1.57. The van der Waals surface area contributed by atoms with E-state index in [0.29, 0.717) is 17.2 Å². The van der Waals surface area contributed by atoms with Gasteiger partial charge in [-0.05, 0) is 31.0 Å². The third-order valence-corrected chi connectivity index (χ3v) is 3.08. The molecule has 5 heteroatoms. The van der Waals surface area contributed by atoms with E-state index in [-0.39, 0.29) is 24.5 Å². The lowest BCUT2D eigenvalue weighted by atomic mass is 10.1. The van der Waals surface area contributed by atoms with Gasteiger partial charge in [-0.25, -0.2) is 0 Å². The number of benzene rings is 1. The summed E-state index contributed by atoms with van der Waals surface area (Å²) in [5.41, 5.74) is 0.501. The zero-order valence-electron chi connectivity index (χ0n) is 12.4. The molecule has 1 rings (SSSR count). The van der Waals surface area contributed by atoms with Crippen molar-refractivity contribution in [1.29, 1.82) is 0 Å². The van der Waals surface area contributed by atoms with E-state index in [9.17, 15) is 9.59 Å². The van der Waals surface area contributed by atoms with Gasteiger partial charge in [0.1, 0.15) is 5.75 Å². The number of hydrogen-bond acceptors (Lipinski definition) is 3. The second-order valence-corrected chi connectivity index (χ2v) is 5.00. The minimum absolute atomic E-state index is 0.0613. The van der Waals surface area contributed by atoms with Crippen molar-refractivity contribution < 1.29 is 14.3 Å². The van der Waals surface area contributed by atoms with Crippen LogP contribution >= 0.6 is 0 Å². The Labute approximate surface area is 119 Å². The summed E-state index contributed by atoms with van der Waals surface area (Å²) in [6, 6.07) is 6.83. The van der Waals surface area contributed by atoms with E-state index >= 15 is 0 Å². The lowest BCUT2D eigenvalue weighted by molar-refractivity contribution is -0.124. The normalized spacial score (nSPS) is 11.8. The Balaban J connectivity index is 2.53. The number of hydrogen-bond donors (Lipinski definition) is 2. The van der Waals surface area contributed by atoms with Crippen molar-refractivity contribution >= 4 is 11.8 Å². The molecule has 1 atom stereocenters. The van der Waals surface area contributed by atoms with Crippen LogP contribution in [-0.2, 0) is 4.79 Å². The fourth-order valence-electron chi connectivity index (χ4n) is 1.48. The Morgan fingerprint density at radius 3 is 2.55 bits per heavy atom. The van der Waals surface area contributed by atoms with Crippen LogP contribution in [0.4, 0.5) is 0 Å². The van der Waals surface area contributed by atoms with Crippen LogP contribution in [0.3, 0.4) is 0 Å². The van der Waals surface area contributed by atoms with E-state index in [0.717, 1.165) is 0 Å². The molecule has 5 nitrogen and oxygen atoms in total. The van der Waals surface area contributed by atoms with Crippen molar-refractivity contribution in [1.82, 2.24) is 10.6 Å². The molecule has 0 saturated heterocycles. The Morgan fingerprint density at radius 2 is 1.95 bits per heavy atom. The maximum atomic E-state index is 11.7. The van der Waals surface area contributed by atoms with Crippen LogP contribution in [0.2, 0.25) is 0 Å². The van der Waals surface area contributed by atoms with Gasteiger partial charge in [0.2, 0.25) is 0 Å². The van der Waals surface area contributed by atoms with Crippen molar-refractivity contribution in [2.24, 2.45) is 5.92 Å². The number of carbonyl (C=O) groups excluding carboxylic acids is 2. The van der Waals surface area contributed by atoms with E-state index in [1.165, 1.54) is 0 Å². The highest BCUT2D eigenvalue weighted by Gasteiger charge is 2.11. The van der Waals surface area contributed by atoms with Crippen LogP contribution in [0.15, 0.2) is 24.3 Å². The lowest BCUT2D eigenvalue weighted by Gasteiger charge is -2.17. The first kappa shape index (κ1) is 16.0. The third kappa shape index (κ3) is 4.91. The van der Waals surface area contributed by atoms with Crippen LogP contribution in [0.1, 0.15) is 31.1 Å². The van der Waals surface area contributed by atoms with Gasteiger partial charge in [0.05, 0.1) is 0 Å². The standard InChI is InChI=1S/C15H22N2O3/c1-10(2)11(3)17-14(18)9-20-13-7-5-6-12(8-13)15(19)16-4/h5-8,10-11H,9H2,1-4H3,(H,16,19)(H,17,18). The van der Waals surface area contributed by atoms with Gasteiger partial charge in [0, 0.05) is 18.7 Å². The van der Waals surface area contributed by atoms with Crippen molar-refractivity contribution in [3.63, 3.8) is 0 Å². The van der Waals surface area contributed by atoms with Crippen molar-refractivity contribution in [3.8, 4) is 5.75 Å². The first-order chi connectivity index (χ1) is 9.43. The number of ether oxygens (including phenoxy) is 1. The maximum Gasteiger partial charge on any atom is 0.258 e. The lowest BCUT2D eigenvalue weighted by Crippen LogP contribution is -2.38. The van der Waals surface area contributed by atoms with Crippen LogP contribution < -0.4 is 15.4 Å². The third-order valence-electron chi connectivity index (χ3n) is 3.08. The zero-order chi connectivity index (χ0) is 15.1. The Bertz CT molecular complexity index is 472. The second-order valence-electron chi connectivity index (χ2n) is 5.00. The number of rotatable bonds is 6. The van der Waals surface area contributed by atoms with Gasteiger partial charge in [-0.15, -0.1) is 0 Å². The monoisotopic (exact) mass is 278 g/mol. The minimum atomic E-state index is -0.187. The summed E-state index contributed by atoms with van der Waals surface area (Å²) >= 11 is 0. The van der Waals surface area contributed by atoms with Crippen molar-refractivity contribution in [2.45, 2.75) is 26.8 Å². The zero-order valence-corrected chi connectivity index (χ0v) is 12.4. The molecule has 0 saturated carbocycles. The van der Waals surface area contributed by atoms with Gasteiger partial charge in [-0.2, -0.15) is 0 Å². The molecular weight excluding hydrogens is 256 g/mol. The van der Waals surface area contributed by atoms with E-state index < -0.39 is 0 Å². The van der Waals surface area contributed by atoms with E-state index in [1.54, 1.807) is 31.3 Å². The van der Waals surface area contributed by atoms with Gasteiger partial charge in [-0.1, -0.05) is 19.9 Å². The summed E-state index contributed by atoms with van der Waals surface area (Å²) in [4.78, 5) is 23.2. The largest absolute Gasteiger partial charge is 0.484 e.